The number of aromatic hydroxyl groups is 1. The zero-order valence-corrected chi connectivity index (χ0v) is 29.2. The van der Waals surface area contributed by atoms with E-state index in [4.69, 9.17) is 23.4 Å². The molecule has 1 aliphatic rings. The van der Waals surface area contributed by atoms with Crippen molar-refractivity contribution in [3.63, 3.8) is 0 Å². The van der Waals surface area contributed by atoms with Gasteiger partial charge in [-0.1, -0.05) is 45.6 Å². The van der Waals surface area contributed by atoms with Gasteiger partial charge >= 0.3 is 12.2 Å². The molecule has 2 amide bonds. The van der Waals surface area contributed by atoms with E-state index in [1.165, 1.54) is 25.3 Å². The van der Waals surface area contributed by atoms with Gasteiger partial charge in [-0.25, -0.2) is 9.59 Å². The molecule has 0 radical (unpaired) electrons. The zero-order valence-electron chi connectivity index (χ0n) is 28.2. The lowest BCUT2D eigenvalue weighted by Crippen LogP contribution is -2.45. The number of hydrogen-bond acceptors (Lipinski definition) is 9. The Hall–Kier alpha value is -4.29. The van der Waals surface area contributed by atoms with Gasteiger partial charge in [0.25, 0.3) is 5.91 Å². The lowest BCUT2D eigenvalue weighted by atomic mass is 10.0. The average molecular weight is 655 g/mol. The minimum Gasteiger partial charge on any atom is -0.504 e. The molecule has 0 saturated heterocycles. The Labute approximate surface area is 272 Å². The topological polar surface area (TPSA) is 133 Å². The van der Waals surface area contributed by atoms with Crippen LogP contribution in [-0.4, -0.2) is 68.4 Å². The number of amides is 2. The first-order valence-electron chi connectivity index (χ1n) is 15.0. The number of phenols is 1. The fourth-order valence-corrected chi connectivity index (χ4v) is 5.33. The number of nitrogens with one attached hydrogen (secondary N) is 1. The van der Waals surface area contributed by atoms with E-state index in [0.717, 1.165) is 11.1 Å². The molecule has 0 fully saturated rings. The number of nitrogens with zero attached hydrogens (tertiary/aromatic N) is 1. The molecule has 2 N–H and O–H groups in total. The number of ether oxygens (including phenoxy) is 4. The summed E-state index contributed by atoms with van der Waals surface area (Å²) in [5, 5.41) is 12.9. The van der Waals surface area contributed by atoms with Crippen molar-refractivity contribution in [2.75, 3.05) is 25.6 Å². The van der Waals surface area contributed by atoms with Crippen LogP contribution in [-0.2, 0) is 13.9 Å². The van der Waals surface area contributed by atoms with Crippen LogP contribution in [0.25, 0.3) is 5.57 Å². The van der Waals surface area contributed by atoms with Gasteiger partial charge in [0, 0.05) is 12.3 Å². The van der Waals surface area contributed by atoms with Gasteiger partial charge in [-0.15, -0.1) is 0 Å². The highest BCUT2D eigenvalue weighted by Gasteiger charge is 2.40. The minimum atomic E-state index is -2.18. The molecule has 250 valence electrons. The number of phenolic OH excluding ortho intramolecular Hbond substituents is 1. The van der Waals surface area contributed by atoms with Crippen molar-refractivity contribution in [2.24, 2.45) is 0 Å². The van der Waals surface area contributed by atoms with Gasteiger partial charge in [-0.3, -0.25) is 10.1 Å². The molecule has 0 unspecified atom stereocenters. The normalized spacial score (nSPS) is 15.1. The second kappa shape index (κ2) is 14.4. The van der Waals surface area contributed by atoms with Gasteiger partial charge in [0.15, 0.2) is 19.8 Å². The van der Waals surface area contributed by atoms with Gasteiger partial charge < -0.3 is 33.4 Å². The summed E-state index contributed by atoms with van der Waals surface area (Å²) in [5.74, 6) is -0.327. The summed E-state index contributed by atoms with van der Waals surface area (Å²) >= 11 is 0. The smallest absolute Gasteiger partial charge is 0.504 e. The third-order valence-corrected chi connectivity index (χ3v) is 12.3. The van der Waals surface area contributed by atoms with Crippen LogP contribution in [0.1, 0.15) is 63.9 Å². The molecule has 0 aromatic heterocycles. The Bertz CT molecular complexity index is 1470. The maximum Gasteiger partial charge on any atom is 0.514 e. The van der Waals surface area contributed by atoms with E-state index in [-0.39, 0.29) is 47.0 Å². The fraction of sp³-hybridized carbons (Fsp3) is 0.441. The average Bonchev–Trinajstić information content (AvgIpc) is 3.38. The van der Waals surface area contributed by atoms with Crippen molar-refractivity contribution in [3.8, 4) is 17.2 Å². The summed E-state index contributed by atoms with van der Waals surface area (Å²) in [5.41, 5.74) is 1.12. The second-order valence-corrected chi connectivity index (χ2v) is 18.3. The Balaban J connectivity index is 1.98. The largest absolute Gasteiger partial charge is 0.514 e. The zero-order chi connectivity index (χ0) is 34.4. The van der Waals surface area contributed by atoms with Crippen LogP contribution in [0.2, 0.25) is 18.1 Å². The molecule has 1 aliphatic heterocycles. The maximum absolute atomic E-state index is 14.3. The summed E-state index contributed by atoms with van der Waals surface area (Å²) in [7, 11) is -0.812. The Morgan fingerprint density at radius 1 is 1.09 bits per heavy atom. The van der Waals surface area contributed by atoms with Crippen LogP contribution in [0.4, 0.5) is 15.3 Å². The molecule has 12 heteroatoms. The van der Waals surface area contributed by atoms with Gasteiger partial charge in [0.1, 0.15) is 18.0 Å². The Morgan fingerprint density at radius 2 is 1.74 bits per heavy atom. The van der Waals surface area contributed by atoms with Crippen molar-refractivity contribution >= 4 is 37.7 Å². The maximum atomic E-state index is 14.3. The predicted molar refractivity (Wildman–Crippen MR) is 179 cm³/mol. The number of carbonyl (C=O) groups excluding carboxylic acids is 3. The highest BCUT2D eigenvalue weighted by molar-refractivity contribution is 6.74. The molecule has 0 spiro atoms. The molecule has 0 aliphatic carbocycles. The van der Waals surface area contributed by atoms with Crippen LogP contribution in [0.3, 0.4) is 0 Å². The molecule has 46 heavy (non-hydrogen) atoms. The van der Waals surface area contributed by atoms with E-state index < -0.39 is 32.1 Å². The van der Waals surface area contributed by atoms with Crippen molar-refractivity contribution in [1.29, 1.82) is 0 Å². The van der Waals surface area contributed by atoms with E-state index in [0.29, 0.717) is 12.2 Å². The third-order valence-electron chi connectivity index (χ3n) is 7.76. The number of anilines is 1. The van der Waals surface area contributed by atoms with E-state index in [1.807, 2.05) is 0 Å². The number of benzene rings is 2. The molecule has 2 aromatic rings. The number of carbonyl (C=O) groups is 3. The SMILES string of the molecule is C=CCOC(=O)Nc1cc(O)c(OC)cc1C(=O)N1C=C(c2ccc(OC(=O)OC(C)(C)C)cc2)C[C@H]1CO[Si](C)(C)C(C)(C)C. The molecule has 1 atom stereocenters. The molecule has 2 aromatic carbocycles. The monoisotopic (exact) mass is 654 g/mol. The number of rotatable bonds is 10. The van der Waals surface area contributed by atoms with Gasteiger partial charge in [0.2, 0.25) is 0 Å². The molecule has 11 nitrogen and oxygen atoms in total. The van der Waals surface area contributed by atoms with Crippen LogP contribution < -0.4 is 14.8 Å². The molecular weight excluding hydrogens is 608 g/mol. The number of methoxy groups -OCH3 is 1. The van der Waals surface area contributed by atoms with Crippen molar-refractivity contribution < 1.29 is 42.9 Å². The first kappa shape index (κ1) is 36.2. The first-order valence-corrected chi connectivity index (χ1v) is 17.9. The van der Waals surface area contributed by atoms with Crippen LogP contribution in [0.5, 0.6) is 17.2 Å². The number of hydrogen-bond donors (Lipinski definition) is 2. The molecule has 3 rings (SSSR count). The Kier molecular flexibility index (Phi) is 11.3. The quantitative estimate of drug-likeness (QED) is 0.114. The summed E-state index contributed by atoms with van der Waals surface area (Å²) in [4.78, 5) is 40.4. The van der Waals surface area contributed by atoms with Gasteiger partial charge in [0.05, 0.1) is 31.0 Å². The highest BCUT2D eigenvalue weighted by Crippen LogP contribution is 2.40. The van der Waals surface area contributed by atoms with Crippen molar-refractivity contribution in [1.82, 2.24) is 4.90 Å². The summed E-state index contributed by atoms with van der Waals surface area (Å²) < 4.78 is 27.4. The summed E-state index contributed by atoms with van der Waals surface area (Å²) in [6.07, 6.45) is 2.03. The van der Waals surface area contributed by atoms with E-state index in [2.05, 4.69) is 45.8 Å². The van der Waals surface area contributed by atoms with Crippen molar-refractivity contribution in [2.45, 2.75) is 77.7 Å². The molecule has 0 saturated carbocycles. The van der Waals surface area contributed by atoms with Crippen molar-refractivity contribution in [3.05, 3.63) is 66.4 Å². The van der Waals surface area contributed by atoms with E-state index in [9.17, 15) is 19.5 Å². The fourth-order valence-electron chi connectivity index (χ4n) is 4.29. The standard InChI is InChI=1S/C34H46N2O9Si/c1-11-16-42-31(39)35-27-19-28(37)29(41-8)18-26(27)30(38)36-20-23(17-24(36)21-43-46(9,10)34(5,6)7)22-12-14-25(15-13-22)44-32(40)45-33(2,3)4/h11-15,18-20,24,37H,1,16-17,21H2,2-10H3,(H,35,39)/t24-/m0/s1. The van der Waals surface area contributed by atoms with Gasteiger partial charge in [-0.05, 0) is 74.7 Å². The van der Waals surface area contributed by atoms with Crippen LogP contribution in [0, 0.1) is 0 Å². The predicted octanol–water partition coefficient (Wildman–Crippen LogP) is 7.73. The second-order valence-electron chi connectivity index (χ2n) is 13.5. The molecule has 0 bridgehead atoms. The Morgan fingerprint density at radius 3 is 2.30 bits per heavy atom. The minimum absolute atomic E-state index is 0.0378. The van der Waals surface area contributed by atoms with E-state index >= 15 is 0 Å². The van der Waals surface area contributed by atoms with E-state index in [1.54, 1.807) is 56.1 Å². The first-order chi connectivity index (χ1) is 21.3. The highest BCUT2D eigenvalue weighted by atomic mass is 28.4. The lowest BCUT2D eigenvalue weighted by Gasteiger charge is -2.38. The molecular formula is C34H46N2O9Si. The summed E-state index contributed by atoms with van der Waals surface area (Å²) in [6, 6.07) is 9.17. The van der Waals surface area contributed by atoms with Crippen LogP contribution in [0.15, 0.2) is 55.3 Å². The summed E-state index contributed by atoms with van der Waals surface area (Å²) in [6.45, 7) is 19.8. The molecule has 1 heterocycles. The van der Waals surface area contributed by atoms with Gasteiger partial charge in [-0.2, -0.15) is 0 Å². The van der Waals surface area contributed by atoms with Crippen LogP contribution >= 0.6 is 0 Å². The lowest BCUT2D eigenvalue weighted by molar-refractivity contribution is 0.0206. The third kappa shape index (κ3) is 9.36.